The molecule has 5 heteroatoms. The zero-order valence-corrected chi connectivity index (χ0v) is 12.3. The van der Waals surface area contributed by atoms with E-state index in [2.05, 4.69) is 0 Å². The Bertz CT molecular complexity index is 498. The van der Waals surface area contributed by atoms with Crippen LogP contribution in [0.25, 0.3) is 0 Å². The lowest BCUT2D eigenvalue weighted by Gasteiger charge is -2.30. The number of nitrogens with zero attached hydrogens (tertiary/aromatic N) is 1. The maximum Gasteiger partial charge on any atom is 0.255 e. The quantitative estimate of drug-likeness (QED) is 0.838. The summed E-state index contributed by atoms with van der Waals surface area (Å²) in [7, 11) is 4.89. The molecule has 0 atom stereocenters. The lowest BCUT2D eigenvalue weighted by atomic mass is 9.85. The van der Waals surface area contributed by atoms with Crippen LogP contribution in [-0.4, -0.2) is 38.6 Å². The summed E-state index contributed by atoms with van der Waals surface area (Å²) in [5.74, 6) is 1.56. The summed E-state index contributed by atoms with van der Waals surface area (Å²) >= 11 is 0. The van der Waals surface area contributed by atoms with Crippen LogP contribution in [0.2, 0.25) is 0 Å². The summed E-state index contributed by atoms with van der Waals surface area (Å²) in [4.78, 5) is 14.2. The molecule has 2 N–H and O–H groups in total. The van der Waals surface area contributed by atoms with Gasteiger partial charge in [-0.3, -0.25) is 4.79 Å². The first-order valence-electron chi connectivity index (χ1n) is 6.83. The van der Waals surface area contributed by atoms with Crippen molar-refractivity contribution in [2.75, 3.05) is 33.5 Å². The second-order valence-corrected chi connectivity index (χ2v) is 5.27. The van der Waals surface area contributed by atoms with E-state index in [1.165, 1.54) is 26.4 Å². The van der Waals surface area contributed by atoms with Gasteiger partial charge in [-0.25, -0.2) is 0 Å². The first-order chi connectivity index (χ1) is 9.56. The first-order valence-corrected chi connectivity index (χ1v) is 6.83. The Kier molecular flexibility index (Phi) is 4.37. The topological polar surface area (TPSA) is 64.8 Å². The van der Waals surface area contributed by atoms with Gasteiger partial charge in [-0.1, -0.05) is 6.42 Å². The highest BCUT2D eigenvalue weighted by Crippen LogP contribution is 2.32. The minimum absolute atomic E-state index is 0.0911. The van der Waals surface area contributed by atoms with Gasteiger partial charge in [0.15, 0.2) is 0 Å². The van der Waals surface area contributed by atoms with Crippen molar-refractivity contribution in [2.45, 2.75) is 19.3 Å². The third-order valence-corrected chi connectivity index (χ3v) is 3.91. The normalized spacial score (nSPS) is 14.6. The zero-order chi connectivity index (χ0) is 14.7. The molecule has 1 fully saturated rings. The molecule has 20 heavy (non-hydrogen) atoms. The van der Waals surface area contributed by atoms with Crippen LogP contribution in [0.4, 0.5) is 5.69 Å². The molecule has 0 unspecified atom stereocenters. The molecule has 110 valence electrons. The Morgan fingerprint density at radius 2 is 2.05 bits per heavy atom. The monoisotopic (exact) mass is 278 g/mol. The minimum atomic E-state index is -0.0911. The predicted octanol–water partition coefficient (Wildman–Crippen LogP) is 2.16. The maximum absolute atomic E-state index is 12.5. The van der Waals surface area contributed by atoms with Gasteiger partial charge in [-0.2, -0.15) is 0 Å². The summed E-state index contributed by atoms with van der Waals surface area (Å²) in [6.07, 6.45) is 3.67. The Hall–Kier alpha value is -1.91. The number of nitrogen functional groups attached to an aromatic ring is 1. The van der Waals surface area contributed by atoms with E-state index in [0.717, 1.165) is 6.54 Å². The van der Waals surface area contributed by atoms with E-state index in [1.54, 1.807) is 24.1 Å². The van der Waals surface area contributed by atoms with Crippen LogP contribution in [0.1, 0.15) is 29.6 Å². The van der Waals surface area contributed by atoms with E-state index in [0.29, 0.717) is 28.7 Å². The second-order valence-electron chi connectivity index (χ2n) is 5.27. The molecular formula is C15H22N2O3. The fourth-order valence-electron chi connectivity index (χ4n) is 2.42. The van der Waals surface area contributed by atoms with Gasteiger partial charge in [0.2, 0.25) is 0 Å². The average Bonchev–Trinajstić information content (AvgIpc) is 2.42. The molecule has 1 aliphatic rings. The summed E-state index contributed by atoms with van der Waals surface area (Å²) in [6, 6.07) is 3.34. The van der Waals surface area contributed by atoms with Crippen molar-refractivity contribution in [3.63, 3.8) is 0 Å². The molecule has 5 nitrogen and oxygen atoms in total. The number of carbonyl (C=O) groups is 1. The number of anilines is 1. The molecule has 1 aliphatic carbocycles. The van der Waals surface area contributed by atoms with Gasteiger partial charge in [-0.15, -0.1) is 0 Å². The molecule has 2 rings (SSSR count). The van der Waals surface area contributed by atoms with Crippen LogP contribution < -0.4 is 15.2 Å². The van der Waals surface area contributed by atoms with Gasteiger partial charge >= 0.3 is 0 Å². The summed E-state index contributed by atoms with van der Waals surface area (Å²) in [5.41, 5.74) is 6.80. The fraction of sp³-hybridized carbons (Fsp3) is 0.533. The van der Waals surface area contributed by atoms with Crippen LogP contribution in [0.15, 0.2) is 12.1 Å². The van der Waals surface area contributed by atoms with Crippen molar-refractivity contribution in [2.24, 2.45) is 5.92 Å². The van der Waals surface area contributed by atoms with Gasteiger partial charge < -0.3 is 20.1 Å². The third kappa shape index (κ3) is 2.81. The van der Waals surface area contributed by atoms with E-state index in [4.69, 9.17) is 15.2 Å². The molecule has 0 aromatic heterocycles. The van der Waals surface area contributed by atoms with E-state index in [9.17, 15) is 4.79 Å². The number of hydrogen-bond donors (Lipinski definition) is 1. The van der Waals surface area contributed by atoms with E-state index >= 15 is 0 Å². The summed E-state index contributed by atoms with van der Waals surface area (Å²) in [6.45, 7) is 0.776. The van der Waals surface area contributed by atoms with Crippen molar-refractivity contribution < 1.29 is 14.3 Å². The molecule has 0 heterocycles. The number of amides is 1. The van der Waals surface area contributed by atoms with Gasteiger partial charge in [0.1, 0.15) is 11.5 Å². The molecule has 0 spiro atoms. The molecule has 0 bridgehead atoms. The van der Waals surface area contributed by atoms with Crippen LogP contribution >= 0.6 is 0 Å². The number of rotatable bonds is 5. The van der Waals surface area contributed by atoms with Gasteiger partial charge in [0.05, 0.1) is 25.5 Å². The standard InChI is InChI=1S/C15H22N2O3/c1-17(9-10-5-4-6-10)15(18)12-7-11(19-2)8-13(20-3)14(12)16/h7-8,10H,4-6,9,16H2,1-3H3. The summed E-state index contributed by atoms with van der Waals surface area (Å²) in [5, 5.41) is 0. The number of hydrogen-bond acceptors (Lipinski definition) is 4. The summed E-state index contributed by atoms with van der Waals surface area (Å²) < 4.78 is 10.4. The first kappa shape index (κ1) is 14.5. The lowest BCUT2D eigenvalue weighted by Crippen LogP contribution is -2.34. The predicted molar refractivity (Wildman–Crippen MR) is 78.3 cm³/mol. The Morgan fingerprint density at radius 3 is 2.55 bits per heavy atom. The SMILES string of the molecule is COc1cc(OC)c(N)c(C(=O)N(C)CC2CCC2)c1. The van der Waals surface area contributed by atoms with E-state index in [1.807, 2.05) is 7.05 Å². The van der Waals surface area contributed by atoms with Crippen molar-refractivity contribution >= 4 is 11.6 Å². The molecule has 0 radical (unpaired) electrons. The van der Waals surface area contributed by atoms with E-state index < -0.39 is 0 Å². The largest absolute Gasteiger partial charge is 0.497 e. The maximum atomic E-state index is 12.5. The van der Waals surface area contributed by atoms with Crippen LogP contribution in [0.5, 0.6) is 11.5 Å². The minimum Gasteiger partial charge on any atom is -0.497 e. The van der Waals surface area contributed by atoms with Crippen LogP contribution in [0.3, 0.4) is 0 Å². The van der Waals surface area contributed by atoms with Crippen molar-refractivity contribution in [3.05, 3.63) is 17.7 Å². The van der Waals surface area contributed by atoms with E-state index in [-0.39, 0.29) is 5.91 Å². The molecular weight excluding hydrogens is 256 g/mol. The Labute approximate surface area is 119 Å². The highest BCUT2D eigenvalue weighted by molar-refractivity contribution is 6.00. The van der Waals surface area contributed by atoms with Crippen molar-refractivity contribution in [1.82, 2.24) is 4.90 Å². The van der Waals surface area contributed by atoms with Crippen LogP contribution in [-0.2, 0) is 0 Å². The smallest absolute Gasteiger partial charge is 0.255 e. The third-order valence-electron chi connectivity index (χ3n) is 3.91. The fourth-order valence-corrected chi connectivity index (χ4v) is 2.42. The second kappa shape index (κ2) is 6.03. The molecule has 1 saturated carbocycles. The number of nitrogens with two attached hydrogens (primary N) is 1. The highest BCUT2D eigenvalue weighted by Gasteiger charge is 2.24. The highest BCUT2D eigenvalue weighted by atomic mass is 16.5. The molecule has 1 aromatic rings. The van der Waals surface area contributed by atoms with Gasteiger partial charge in [0, 0.05) is 19.7 Å². The Morgan fingerprint density at radius 1 is 1.35 bits per heavy atom. The Balaban J connectivity index is 2.22. The van der Waals surface area contributed by atoms with Gasteiger partial charge in [0.25, 0.3) is 5.91 Å². The lowest BCUT2D eigenvalue weighted by molar-refractivity contribution is 0.0745. The number of methoxy groups -OCH3 is 2. The van der Waals surface area contributed by atoms with Crippen LogP contribution in [0, 0.1) is 5.92 Å². The molecule has 1 aromatic carbocycles. The number of carbonyl (C=O) groups excluding carboxylic acids is 1. The van der Waals surface area contributed by atoms with Crippen molar-refractivity contribution in [3.8, 4) is 11.5 Å². The molecule has 0 aliphatic heterocycles. The van der Waals surface area contributed by atoms with Crippen molar-refractivity contribution in [1.29, 1.82) is 0 Å². The number of ether oxygens (including phenoxy) is 2. The van der Waals surface area contributed by atoms with Gasteiger partial charge in [-0.05, 0) is 24.8 Å². The zero-order valence-electron chi connectivity index (χ0n) is 12.3. The molecule has 0 saturated heterocycles. The molecule has 1 amide bonds. The average molecular weight is 278 g/mol. The number of benzene rings is 1.